The molecule has 0 fully saturated rings. The minimum Gasteiger partial charge on any atom is -0.454 e. The number of benzene rings is 13. The van der Waals surface area contributed by atoms with Gasteiger partial charge in [0.05, 0.1) is 49.8 Å². The Balaban J connectivity index is 0.000000140. The van der Waals surface area contributed by atoms with Crippen molar-refractivity contribution in [3.63, 3.8) is 0 Å². The smallest absolute Gasteiger partial charge is 0.238 e. The lowest BCUT2D eigenvalue weighted by Gasteiger charge is -2.14. The molecule has 0 N–H and O–H groups in total. The maximum absolute atomic E-state index is 6.52. The summed E-state index contributed by atoms with van der Waals surface area (Å²) < 4.78 is 15.5. The van der Waals surface area contributed by atoms with E-state index >= 15 is 0 Å². The number of pyridine rings is 4. The third-order valence-electron chi connectivity index (χ3n) is 22.6. The first kappa shape index (κ1) is 68.1. The zero-order valence-electron chi connectivity index (χ0n) is 63.6. The second kappa shape index (κ2) is 28.2. The van der Waals surface area contributed by atoms with Gasteiger partial charge in [-0.25, -0.2) is 9.97 Å². The first-order valence-electron chi connectivity index (χ1n) is 39.5. The molecule has 0 saturated carbocycles. The average molecular weight is 1530 g/mol. The summed E-state index contributed by atoms with van der Waals surface area (Å²) in [6.45, 7) is 0. The normalized spacial score (nSPS) is 11.7. The van der Waals surface area contributed by atoms with Gasteiger partial charge in [-0.1, -0.05) is 212 Å². The molecular weight excluding hydrogens is 1460 g/mol. The Bertz CT molecular complexity index is 7690. The minimum absolute atomic E-state index is 0.479. The van der Waals surface area contributed by atoms with Crippen molar-refractivity contribution in [2.45, 2.75) is 0 Å². The second-order valence-corrected chi connectivity index (χ2v) is 29.5. The monoisotopic (exact) mass is 1520 g/mol. The number of nitrogens with zero attached hydrogens (tertiary/aromatic N) is 14. The molecule has 0 aliphatic carbocycles. The Labute approximate surface area is 680 Å². The van der Waals surface area contributed by atoms with Crippen LogP contribution in [0.2, 0.25) is 0 Å². The molecule has 0 spiro atoms. The molecule has 0 atom stereocenters. The van der Waals surface area contributed by atoms with E-state index in [1.807, 2.05) is 84.9 Å². The maximum Gasteiger partial charge on any atom is 0.238 e. The van der Waals surface area contributed by atoms with E-state index in [1.54, 1.807) is 24.8 Å². The molecule has 15 nitrogen and oxygen atoms in total. The van der Waals surface area contributed by atoms with Crippen LogP contribution in [-0.2, 0) is 0 Å². The largest absolute Gasteiger partial charge is 0.454 e. The molecule has 119 heavy (non-hydrogen) atoms. The molecule has 0 saturated heterocycles. The van der Waals surface area contributed by atoms with Crippen molar-refractivity contribution in [2.24, 2.45) is 0 Å². The number of rotatable bonds is 12. The summed E-state index contributed by atoms with van der Waals surface area (Å²) >= 11 is 0. The van der Waals surface area contributed by atoms with Crippen LogP contribution in [0.5, 0.6) is 0 Å². The van der Waals surface area contributed by atoms with E-state index in [1.165, 1.54) is 43.8 Å². The van der Waals surface area contributed by atoms with Gasteiger partial charge in [0.25, 0.3) is 0 Å². The highest BCUT2D eigenvalue weighted by molar-refractivity contribution is 6.16. The number of furan rings is 1. The Hall–Kier alpha value is -16.5. The van der Waals surface area contributed by atoms with E-state index in [4.69, 9.17) is 34.3 Å². The number of hydrogen-bond acceptors (Lipinski definition) is 11. The Kier molecular flexibility index (Phi) is 16.2. The van der Waals surface area contributed by atoms with Gasteiger partial charge in [0.15, 0.2) is 28.9 Å². The van der Waals surface area contributed by atoms with Gasteiger partial charge in [-0.05, 0) is 196 Å². The SMILES string of the molecule is c1ccc(-c2cc(-c3ccccc3)cc(-n3c4ccccc4c4cc(-c5ccc6c(c5)c5ccccc5n6-c5nc(-c6ccccn6)nc(-c6ccccn6)n5)ccc43)c2)cc1.c1ccc(-c2nc(-c3ccccn3)nc(-n3c4ccccc4c4cc(-c5ccc6c(c5)c5ccccc5n6-c5cccc6c5oc5ccccc56)ccc43)n2)nc1. The fraction of sp³-hybridized carbons (Fsp3) is 0. The molecule has 0 amide bonds. The molecule has 0 bridgehead atoms. The van der Waals surface area contributed by atoms with Gasteiger partial charge >= 0.3 is 0 Å². The molecule has 556 valence electrons. The van der Waals surface area contributed by atoms with Crippen LogP contribution in [0.1, 0.15) is 0 Å². The summed E-state index contributed by atoms with van der Waals surface area (Å²) in [6.07, 6.45) is 7.00. The molecule has 13 aromatic carbocycles. The summed E-state index contributed by atoms with van der Waals surface area (Å²) in [5.74, 6) is 2.92. The van der Waals surface area contributed by atoms with Crippen LogP contribution in [-0.4, -0.2) is 68.1 Å². The molecule has 11 aromatic heterocycles. The highest BCUT2D eigenvalue weighted by Crippen LogP contribution is 2.44. The molecule has 15 heteroatoms. The molecule has 11 heterocycles. The first-order chi connectivity index (χ1) is 59.0. The van der Waals surface area contributed by atoms with Crippen LogP contribution >= 0.6 is 0 Å². The molecule has 0 aliphatic rings. The number of hydrogen-bond donors (Lipinski definition) is 0. The second-order valence-electron chi connectivity index (χ2n) is 29.5. The van der Waals surface area contributed by atoms with Gasteiger partial charge in [-0.3, -0.25) is 29.1 Å². The molecule has 24 rings (SSSR count). The van der Waals surface area contributed by atoms with E-state index in [-0.39, 0.29) is 0 Å². The number of para-hydroxylation sites is 6. The summed E-state index contributed by atoms with van der Waals surface area (Å²) in [4.78, 5) is 48.1. The van der Waals surface area contributed by atoms with E-state index < -0.39 is 0 Å². The molecule has 0 aliphatic heterocycles. The van der Waals surface area contributed by atoms with Gasteiger partial charge in [0.2, 0.25) is 11.9 Å². The summed E-state index contributed by atoms with van der Waals surface area (Å²) in [5.41, 5.74) is 24.3. The first-order valence-corrected chi connectivity index (χ1v) is 39.5. The third-order valence-corrected chi connectivity index (χ3v) is 22.6. The van der Waals surface area contributed by atoms with E-state index in [0.717, 1.165) is 121 Å². The van der Waals surface area contributed by atoms with Crippen LogP contribution < -0.4 is 0 Å². The summed E-state index contributed by atoms with van der Waals surface area (Å²) in [6, 6.07) is 127. The van der Waals surface area contributed by atoms with Crippen molar-refractivity contribution in [3.05, 3.63) is 389 Å². The van der Waals surface area contributed by atoms with Crippen molar-refractivity contribution >= 4 is 109 Å². The van der Waals surface area contributed by atoms with E-state index in [2.05, 4.69) is 317 Å². The Morgan fingerprint density at radius 3 is 0.908 bits per heavy atom. The highest BCUT2D eigenvalue weighted by atomic mass is 16.3. The lowest BCUT2D eigenvalue weighted by Crippen LogP contribution is -2.07. The molecule has 24 aromatic rings. The third kappa shape index (κ3) is 11.7. The molecule has 0 radical (unpaired) electrons. The fourth-order valence-electron chi connectivity index (χ4n) is 17.2. The zero-order chi connectivity index (χ0) is 78.4. The van der Waals surface area contributed by atoms with Crippen LogP contribution in [0.15, 0.2) is 393 Å². The van der Waals surface area contributed by atoms with Crippen molar-refractivity contribution < 1.29 is 4.42 Å². The van der Waals surface area contributed by atoms with Crippen LogP contribution in [0, 0.1) is 0 Å². The predicted molar refractivity (Wildman–Crippen MR) is 479 cm³/mol. The minimum atomic E-state index is 0.479. The zero-order valence-corrected chi connectivity index (χ0v) is 63.6. The topological polar surface area (TPSA) is 162 Å². The number of aromatic nitrogens is 14. The van der Waals surface area contributed by atoms with Gasteiger partial charge in [0.1, 0.15) is 28.4 Å². The standard InChI is InChI=1S/C55H35N7.C49H29N7O/c1-3-15-36(16-4-1)40-31-41(37-17-5-2-6-18-37)33-42(32-40)61-49-23-9-7-19-43(49)45-34-38(25-27-51(45)61)39-26-28-52-46(35-39)44-20-8-10-24-50(44)62(52)55-59-53(47-21-11-13-29-56-47)58-54(60-55)48-22-12-14-30-57-48;1-4-18-40-32(12-1)36-28-30(22-24-42(36)55(40)44-20-11-15-35-34-14-3-6-21-45(34)57-46(35)44)31-23-25-43-37(29-31)33-13-2-5-19-41(33)56(43)49-53-47(38-16-7-9-26-50-38)52-48(54-49)39-17-8-10-27-51-39/h1-35H;1-29H. The van der Waals surface area contributed by atoms with Gasteiger partial charge in [-0.15, -0.1) is 0 Å². The maximum atomic E-state index is 6.52. The lowest BCUT2D eigenvalue weighted by atomic mass is 9.98. The van der Waals surface area contributed by atoms with E-state index in [9.17, 15) is 0 Å². The predicted octanol–water partition coefficient (Wildman–Crippen LogP) is 24.9. The molecular formula is C104H64N14O. The molecule has 0 unspecified atom stereocenters. The number of fused-ring (bicyclic) bond motifs is 15. The highest BCUT2D eigenvalue weighted by Gasteiger charge is 2.25. The van der Waals surface area contributed by atoms with Gasteiger partial charge < -0.3 is 13.6 Å². The van der Waals surface area contributed by atoms with E-state index in [0.29, 0.717) is 58.0 Å². The Morgan fingerprint density at radius 2 is 0.513 bits per heavy atom. The fourth-order valence-corrected chi connectivity index (χ4v) is 17.2. The van der Waals surface area contributed by atoms with Crippen LogP contribution in [0.4, 0.5) is 0 Å². The van der Waals surface area contributed by atoms with Crippen molar-refractivity contribution in [3.8, 4) is 114 Å². The van der Waals surface area contributed by atoms with Gasteiger partial charge in [0, 0.05) is 84.3 Å². The quantitative estimate of drug-likeness (QED) is 0.114. The lowest BCUT2D eigenvalue weighted by molar-refractivity contribution is 0.666. The summed E-state index contributed by atoms with van der Waals surface area (Å²) in [5, 5.41) is 11.4. The van der Waals surface area contributed by atoms with Crippen molar-refractivity contribution in [2.75, 3.05) is 0 Å². The van der Waals surface area contributed by atoms with Crippen molar-refractivity contribution in [1.82, 2.24) is 68.1 Å². The van der Waals surface area contributed by atoms with Crippen LogP contribution in [0.3, 0.4) is 0 Å². The summed E-state index contributed by atoms with van der Waals surface area (Å²) in [7, 11) is 0. The average Bonchev–Trinajstić information content (AvgIpc) is 1.59. The van der Waals surface area contributed by atoms with Gasteiger partial charge in [-0.2, -0.15) is 19.9 Å². The Morgan fingerprint density at radius 1 is 0.193 bits per heavy atom. The van der Waals surface area contributed by atoms with Crippen molar-refractivity contribution in [1.29, 1.82) is 0 Å². The van der Waals surface area contributed by atoms with Crippen LogP contribution in [0.25, 0.3) is 223 Å².